The lowest BCUT2D eigenvalue weighted by atomic mass is 9.94. The number of anilines is 1. The first-order valence-corrected chi connectivity index (χ1v) is 11.3. The first-order chi connectivity index (χ1) is 13.4. The van der Waals surface area contributed by atoms with Crippen LogP contribution in [0.2, 0.25) is 0 Å². The lowest BCUT2D eigenvalue weighted by Gasteiger charge is -2.34. The second kappa shape index (κ2) is 7.33. The molecule has 1 amide bonds. The molecule has 1 fully saturated rings. The zero-order valence-electron chi connectivity index (χ0n) is 16.3. The van der Waals surface area contributed by atoms with E-state index in [0.29, 0.717) is 37.0 Å². The molecule has 4 rings (SSSR count). The minimum atomic E-state index is -3.53. The SMILES string of the molecule is CC1CC(C)CN(S(=O)(=O)c2ccc(C(=O)N3CCc4ccccc43)cc2)C1. The highest BCUT2D eigenvalue weighted by atomic mass is 32.2. The number of fused-ring (bicyclic) bond motifs is 1. The Hall–Kier alpha value is -2.18. The number of rotatable bonds is 3. The zero-order valence-corrected chi connectivity index (χ0v) is 17.2. The van der Waals surface area contributed by atoms with Gasteiger partial charge >= 0.3 is 0 Å². The van der Waals surface area contributed by atoms with Crippen molar-refractivity contribution >= 4 is 21.6 Å². The zero-order chi connectivity index (χ0) is 19.9. The second-order valence-corrected chi connectivity index (χ2v) is 10.1. The summed E-state index contributed by atoms with van der Waals surface area (Å²) in [5.74, 6) is 0.623. The normalized spacial score (nSPS) is 22.9. The summed E-state index contributed by atoms with van der Waals surface area (Å²) in [5, 5.41) is 0. The van der Waals surface area contributed by atoms with Crippen LogP contribution in [0.1, 0.15) is 36.2 Å². The summed E-state index contributed by atoms with van der Waals surface area (Å²) in [4.78, 5) is 15.0. The minimum absolute atomic E-state index is 0.0888. The van der Waals surface area contributed by atoms with E-state index in [0.717, 1.165) is 18.5 Å². The van der Waals surface area contributed by atoms with Gasteiger partial charge < -0.3 is 4.90 Å². The van der Waals surface area contributed by atoms with Crippen LogP contribution in [0.3, 0.4) is 0 Å². The molecule has 6 heteroatoms. The van der Waals surface area contributed by atoms with E-state index in [1.165, 1.54) is 5.56 Å². The first kappa shape index (κ1) is 19.2. The third-order valence-corrected chi connectivity index (χ3v) is 7.55. The Morgan fingerprint density at radius 2 is 1.61 bits per heavy atom. The van der Waals surface area contributed by atoms with Gasteiger partial charge in [-0.15, -0.1) is 0 Å². The van der Waals surface area contributed by atoms with Crippen LogP contribution in [0.25, 0.3) is 0 Å². The number of nitrogens with zero attached hydrogens (tertiary/aromatic N) is 2. The number of carbonyl (C=O) groups is 1. The van der Waals surface area contributed by atoms with Gasteiger partial charge in [0.2, 0.25) is 10.0 Å². The summed E-state index contributed by atoms with van der Waals surface area (Å²) >= 11 is 0. The van der Waals surface area contributed by atoms with Crippen LogP contribution in [0, 0.1) is 11.8 Å². The molecule has 0 radical (unpaired) electrons. The summed E-state index contributed by atoms with van der Waals surface area (Å²) in [6.07, 6.45) is 1.90. The standard InChI is InChI=1S/C22H26N2O3S/c1-16-13-17(2)15-23(14-16)28(26,27)20-9-7-19(8-10-20)22(25)24-12-11-18-5-3-4-6-21(18)24/h3-10,16-17H,11-15H2,1-2H3. The van der Waals surface area contributed by atoms with Gasteiger partial charge in [-0.3, -0.25) is 4.79 Å². The molecule has 2 atom stereocenters. The Kier molecular flexibility index (Phi) is 5.02. The van der Waals surface area contributed by atoms with E-state index < -0.39 is 10.0 Å². The van der Waals surface area contributed by atoms with Crippen molar-refractivity contribution in [3.63, 3.8) is 0 Å². The van der Waals surface area contributed by atoms with Gasteiger partial charge in [0.05, 0.1) is 4.90 Å². The lowest BCUT2D eigenvalue weighted by Crippen LogP contribution is -2.42. The Bertz CT molecular complexity index is 975. The van der Waals surface area contributed by atoms with Crippen molar-refractivity contribution in [2.75, 3.05) is 24.5 Å². The fourth-order valence-corrected chi connectivity index (χ4v) is 6.11. The maximum absolute atomic E-state index is 13.0. The molecular weight excluding hydrogens is 372 g/mol. The van der Waals surface area contributed by atoms with Crippen molar-refractivity contribution in [2.45, 2.75) is 31.6 Å². The summed E-state index contributed by atoms with van der Waals surface area (Å²) in [6.45, 7) is 5.94. The quantitative estimate of drug-likeness (QED) is 0.794. The van der Waals surface area contributed by atoms with Gasteiger partial charge in [0.15, 0.2) is 0 Å². The Labute approximate surface area is 167 Å². The van der Waals surface area contributed by atoms with Crippen LogP contribution in [0.5, 0.6) is 0 Å². The van der Waals surface area contributed by atoms with Gasteiger partial charge in [-0.25, -0.2) is 8.42 Å². The number of carbonyl (C=O) groups excluding carboxylic acids is 1. The fourth-order valence-electron chi connectivity index (χ4n) is 4.43. The molecule has 2 unspecified atom stereocenters. The monoisotopic (exact) mass is 398 g/mol. The topological polar surface area (TPSA) is 57.7 Å². The predicted octanol–water partition coefficient (Wildman–Crippen LogP) is 3.56. The van der Waals surface area contributed by atoms with Gasteiger partial charge in [0.25, 0.3) is 5.91 Å². The van der Waals surface area contributed by atoms with Gasteiger partial charge in [-0.05, 0) is 60.6 Å². The van der Waals surface area contributed by atoms with E-state index in [1.807, 2.05) is 24.3 Å². The Morgan fingerprint density at radius 1 is 0.964 bits per heavy atom. The van der Waals surface area contributed by atoms with Crippen molar-refractivity contribution in [3.8, 4) is 0 Å². The number of benzene rings is 2. The maximum Gasteiger partial charge on any atom is 0.258 e. The van der Waals surface area contributed by atoms with E-state index in [2.05, 4.69) is 13.8 Å². The fraction of sp³-hybridized carbons (Fsp3) is 0.409. The number of hydrogen-bond donors (Lipinski definition) is 0. The number of hydrogen-bond acceptors (Lipinski definition) is 3. The van der Waals surface area contributed by atoms with Gasteiger partial charge in [0, 0.05) is 30.9 Å². The minimum Gasteiger partial charge on any atom is -0.308 e. The first-order valence-electron chi connectivity index (χ1n) is 9.86. The average Bonchev–Trinajstić information content (AvgIpc) is 3.11. The van der Waals surface area contributed by atoms with Crippen molar-refractivity contribution < 1.29 is 13.2 Å². The molecule has 2 aliphatic heterocycles. The van der Waals surface area contributed by atoms with E-state index >= 15 is 0 Å². The molecule has 0 bridgehead atoms. The van der Waals surface area contributed by atoms with E-state index in [-0.39, 0.29) is 10.8 Å². The largest absolute Gasteiger partial charge is 0.308 e. The summed E-state index contributed by atoms with van der Waals surface area (Å²) in [6, 6.07) is 14.3. The molecule has 0 N–H and O–H groups in total. The van der Waals surface area contributed by atoms with Crippen molar-refractivity contribution in [1.29, 1.82) is 0 Å². The molecule has 2 aromatic rings. The molecular formula is C22H26N2O3S. The Balaban J connectivity index is 1.55. The molecule has 0 saturated carbocycles. The van der Waals surface area contributed by atoms with Gasteiger partial charge in [-0.2, -0.15) is 4.31 Å². The highest BCUT2D eigenvalue weighted by molar-refractivity contribution is 7.89. The predicted molar refractivity (Wildman–Crippen MR) is 110 cm³/mol. The molecule has 2 aliphatic rings. The van der Waals surface area contributed by atoms with Crippen molar-refractivity contribution in [2.24, 2.45) is 11.8 Å². The smallest absolute Gasteiger partial charge is 0.258 e. The van der Waals surface area contributed by atoms with Gasteiger partial charge in [-0.1, -0.05) is 32.0 Å². The molecule has 0 aliphatic carbocycles. The van der Waals surface area contributed by atoms with E-state index in [4.69, 9.17) is 0 Å². The third kappa shape index (κ3) is 3.47. The average molecular weight is 399 g/mol. The van der Waals surface area contributed by atoms with Crippen LogP contribution >= 0.6 is 0 Å². The van der Waals surface area contributed by atoms with Crippen LogP contribution in [0.4, 0.5) is 5.69 Å². The highest BCUT2D eigenvalue weighted by Crippen LogP contribution is 2.30. The summed E-state index contributed by atoms with van der Waals surface area (Å²) < 4.78 is 27.6. The molecule has 1 saturated heterocycles. The highest BCUT2D eigenvalue weighted by Gasteiger charge is 2.32. The van der Waals surface area contributed by atoms with E-state index in [9.17, 15) is 13.2 Å². The lowest BCUT2D eigenvalue weighted by molar-refractivity contribution is 0.0989. The number of piperidine rings is 1. The molecule has 2 heterocycles. The molecule has 148 valence electrons. The second-order valence-electron chi connectivity index (χ2n) is 8.13. The number of sulfonamides is 1. The number of amides is 1. The van der Waals surface area contributed by atoms with Crippen LogP contribution in [0.15, 0.2) is 53.4 Å². The summed E-state index contributed by atoms with van der Waals surface area (Å²) in [5.41, 5.74) is 2.62. The third-order valence-electron chi connectivity index (χ3n) is 5.71. The molecule has 0 aromatic heterocycles. The number of para-hydroxylation sites is 1. The van der Waals surface area contributed by atoms with Crippen LogP contribution in [-0.4, -0.2) is 38.3 Å². The molecule has 5 nitrogen and oxygen atoms in total. The van der Waals surface area contributed by atoms with Crippen molar-refractivity contribution in [1.82, 2.24) is 4.31 Å². The van der Waals surface area contributed by atoms with Crippen LogP contribution in [-0.2, 0) is 16.4 Å². The van der Waals surface area contributed by atoms with Crippen molar-refractivity contribution in [3.05, 3.63) is 59.7 Å². The van der Waals surface area contributed by atoms with Crippen LogP contribution < -0.4 is 4.90 Å². The maximum atomic E-state index is 13.0. The Morgan fingerprint density at radius 3 is 2.29 bits per heavy atom. The molecule has 0 spiro atoms. The summed E-state index contributed by atoms with van der Waals surface area (Å²) in [7, 11) is -3.53. The molecule has 2 aromatic carbocycles. The van der Waals surface area contributed by atoms with Gasteiger partial charge in [0.1, 0.15) is 0 Å². The van der Waals surface area contributed by atoms with E-state index in [1.54, 1.807) is 33.5 Å². The molecule has 28 heavy (non-hydrogen) atoms.